The molecule has 1 aliphatic heterocycles. The molecule has 1 saturated heterocycles. The second-order valence-corrected chi connectivity index (χ2v) is 5.70. The molecule has 1 aliphatic carbocycles. The standard InChI is InChI=1S/C14H27NO/c16-14-9-4-2-1-3-7-12(14)11-13-8-5-6-10-15-13/h12-16H,1-11H2/t12-,13+,14+/m0/s1. The Kier molecular flexibility index (Phi) is 5.11. The van der Waals surface area contributed by atoms with Crippen molar-refractivity contribution in [1.82, 2.24) is 5.32 Å². The summed E-state index contributed by atoms with van der Waals surface area (Å²) in [5.74, 6) is 0.566. The molecule has 0 radical (unpaired) electrons. The van der Waals surface area contributed by atoms with E-state index in [4.69, 9.17) is 0 Å². The summed E-state index contributed by atoms with van der Waals surface area (Å²) in [4.78, 5) is 0. The molecule has 2 fully saturated rings. The van der Waals surface area contributed by atoms with Crippen LogP contribution in [-0.4, -0.2) is 23.8 Å². The van der Waals surface area contributed by atoms with Crippen LogP contribution in [0.15, 0.2) is 0 Å². The Morgan fingerprint density at radius 3 is 2.38 bits per heavy atom. The van der Waals surface area contributed by atoms with E-state index in [9.17, 15) is 5.11 Å². The molecule has 94 valence electrons. The van der Waals surface area contributed by atoms with Crippen LogP contribution in [0.1, 0.15) is 64.2 Å². The predicted octanol–water partition coefficient (Wildman–Crippen LogP) is 2.85. The van der Waals surface area contributed by atoms with Crippen molar-refractivity contribution in [2.24, 2.45) is 5.92 Å². The van der Waals surface area contributed by atoms with Crippen LogP contribution in [0.2, 0.25) is 0 Å². The highest BCUT2D eigenvalue weighted by molar-refractivity contribution is 4.80. The molecular formula is C14H27NO. The summed E-state index contributed by atoms with van der Waals surface area (Å²) in [5.41, 5.74) is 0. The maximum atomic E-state index is 10.2. The Bertz CT molecular complexity index is 189. The number of hydrogen-bond donors (Lipinski definition) is 2. The molecule has 0 spiro atoms. The van der Waals surface area contributed by atoms with E-state index in [2.05, 4.69) is 5.32 Å². The maximum Gasteiger partial charge on any atom is 0.0569 e. The van der Waals surface area contributed by atoms with Crippen LogP contribution in [0.3, 0.4) is 0 Å². The number of rotatable bonds is 2. The number of aliphatic hydroxyl groups excluding tert-OH is 1. The van der Waals surface area contributed by atoms with Crippen LogP contribution in [0, 0.1) is 5.92 Å². The quantitative estimate of drug-likeness (QED) is 0.757. The van der Waals surface area contributed by atoms with Crippen molar-refractivity contribution >= 4 is 0 Å². The van der Waals surface area contributed by atoms with Gasteiger partial charge in [-0.15, -0.1) is 0 Å². The zero-order chi connectivity index (χ0) is 11.2. The van der Waals surface area contributed by atoms with Crippen molar-refractivity contribution in [3.63, 3.8) is 0 Å². The van der Waals surface area contributed by atoms with Gasteiger partial charge in [-0.2, -0.15) is 0 Å². The van der Waals surface area contributed by atoms with Crippen molar-refractivity contribution < 1.29 is 5.11 Å². The molecule has 16 heavy (non-hydrogen) atoms. The maximum absolute atomic E-state index is 10.2. The molecule has 0 aromatic carbocycles. The van der Waals surface area contributed by atoms with E-state index in [0.29, 0.717) is 12.0 Å². The van der Waals surface area contributed by atoms with Crippen LogP contribution in [-0.2, 0) is 0 Å². The first-order valence-electron chi connectivity index (χ1n) is 7.28. The highest BCUT2D eigenvalue weighted by atomic mass is 16.3. The van der Waals surface area contributed by atoms with Gasteiger partial charge in [-0.05, 0) is 44.6 Å². The second-order valence-electron chi connectivity index (χ2n) is 5.70. The molecule has 0 amide bonds. The van der Waals surface area contributed by atoms with E-state index < -0.39 is 0 Å². The van der Waals surface area contributed by atoms with Gasteiger partial charge in [0.2, 0.25) is 0 Å². The summed E-state index contributed by atoms with van der Waals surface area (Å²) in [7, 11) is 0. The van der Waals surface area contributed by atoms with E-state index in [1.165, 1.54) is 64.3 Å². The molecule has 2 nitrogen and oxygen atoms in total. The minimum atomic E-state index is -0.0240. The molecule has 1 heterocycles. The summed E-state index contributed by atoms with van der Waals surface area (Å²) >= 11 is 0. The van der Waals surface area contributed by atoms with Crippen LogP contribution in [0.25, 0.3) is 0 Å². The molecule has 0 unspecified atom stereocenters. The molecule has 3 atom stereocenters. The van der Waals surface area contributed by atoms with Crippen molar-refractivity contribution in [2.45, 2.75) is 76.4 Å². The van der Waals surface area contributed by atoms with E-state index in [1.807, 2.05) is 0 Å². The van der Waals surface area contributed by atoms with E-state index in [-0.39, 0.29) is 6.10 Å². The summed E-state index contributed by atoms with van der Waals surface area (Å²) < 4.78 is 0. The SMILES string of the molecule is O[C@@H]1CCCCCC[C@H]1C[C@H]1CCCCN1. The normalized spacial score (nSPS) is 37.7. The average molecular weight is 225 g/mol. The molecule has 0 aromatic rings. The summed E-state index contributed by atoms with van der Waals surface area (Å²) in [6.45, 7) is 1.19. The van der Waals surface area contributed by atoms with Crippen LogP contribution < -0.4 is 5.32 Å². The van der Waals surface area contributed by atoms with Crippen molar-refractivity contribution in [2.75, 3.05) is 6.54 Å². The minimum Gasteiger partial charge on any atom is -0.393 e. The fourth-order valence-corrected chi connectivity index (χ4v) is 3.31. The Morgan fingerprint density at radius 2 is 1.62 bits per heavy atom. The third-order valence-corrected chi connectivity index (χ3v) is 4.37. The number of aliphatic hydroxyl groups is 1. The topological polar surface area (TPSA) is 32.3 Å². The molecule has 0 bridgehead atoms. The van der Waals surface area contributed by atoms with Gasteiger partial charge in [0.25, 0.3) is 0 Å². The van der Waals surface area contributed by atoms with Crippen molar-refractivity contribution in [3.8, 4) is 0 Å². The lowest BCUT2D eigenvalue weighted by atomic mass is 9.83. The van der Waals surface area contributed by atoms with Crippen LogP contribution in [0.4, 0.5) is 0 Å². The Morgan fingerprint density at radius 1 is 0.875 bits per heavy atom. The lowest BCUT2D eigenvalue weighted by molar-refractivity contribution is 0.0707. The zero-order valence-corrected chi connectivity index (χ0v) is 10.5. The highest BCUT2D eigenvalue weighted by Crippen LogP contribution is 2.28. The molecule has 0 aromatic heterocycles. The Balaban J connectivity index is 1.79. The molecule has 2 N–H and O–H groups in total. The van der Waals surface area contributed by atoms with Crippen LogP contribution in [0.5, 0.6) is 0 Å². The van der Waals surface area contributed by atoms with Gasteiger partial charge in [-0.1, -0.05) is 32.1 Å². The summed E-state index contributed by atoms with van der Waals surface area (Å²) in [5, 5.41) is 13.8. The smallest absolute Gasteiger partial charge is 0.0569 e. The zero-order valence-electron chi connectivity index (χ0n) is 10.5. The number of hydrogen-bond acceptors (Lipinski definition) is 2. The van der Waals surface area contributed by atoms with Gasteiger partial charge in [0, 0.05) is 6.04 Å². The number of nitrogens with one attached hydrogen (secondary N) is 1. The Hall–Kier alpha value is -0.0800. The van der Waals surface area contributed by atoms with Gasteiger partial charge in [0.1, 0.15) is 0 Å². The van der Waals surface area contributed by atoms with E-state index in [0.717, 1.165) is 6.42 Å². The first-order valence-corrected chi connectivity index (χ1v) is 7.28. The first kappa shape index (κ1) is 12.4. The second kappa shape index (κ2) is 6.61. The Labute approximate surface area is 99.8 Å². The fraction of sp³-hybridized carbons (Fsp3) is 1.00. The molecular weight excluding hydrogens is 198 g/mol. The van der Waals surface area contributed by atoms with Gasteiger partial charge < -0.3 is 10.4 Å². The monoisotopic (exact) mass is 225 g/mol. The highest BCUT2D eigenvalue weighted by Gasteiger charge is 2.24. The van der Waals surface area contributed by atoms with Crippen molar-refractivity contribution in [3.05, 3.63) is 0 Å². The van der Waals surface area contributed by atoms with Gasteiger partial charge in [-0.25, -0.2) is 0 Å². The number of piperidine rings is 1. The van der Waals surface area contributed by atoms with Gasteiger partial charge >= 0.3 is 0 Å². The summed E-state index contributed by atoms with van der Waals surface area (Å²) in [6.07, 6.45) is 12.8. The average Bonchev–Trinajstić information content (AvgIpc) is 2.30. The van der Waals surface area contributed by atoms with Gasteiger partial charge in [-0.3, -0.25) is 0 Å². The first-order chi connectivity index (χ1) is 7.86. The fourth-order valence-electron chi connectivity index (χ4n) is 3.31. The third kappa shape index (κ3) is 3.74. The summed E-state index contributed by atoms with van der Waals surface area (Å²) in [6, 6.07) is 0.688. The van der Waals surface area contributed by atoms with Crippen molar-refractivity contribution in [1.29, 1.82) is 0 Å². The third-order valence-electron chi connectivity index (χ3n) is 4.37. The van der Waals surface area contributed by atoms with Gasteiger partial charge in [0.05, 0.1) is 6.10 Å². The molecule has 1 saturated carbocycles. The molecule has 2 aliphatic rings. The minimum absolute atomic E-state index is 0.0240. The lowest BCUT2D eigenvalue weighted by Crippen LogP contribution is -2.38. The lowest BCUT2D eigenvalue weighted by Gasteiger charge is -2.31. The van der Waals surface area contributed by atoms with E-state index in [1.54, 1.807) is 0 Å². The molecule has 2 heteroatoms. The van der Waals surface area contributed by atoms with E-state index >= 15 is 0 Å². The van der Waals surface area contributed by atoms with Gasteiger partial charge in [0.15, 0.2) is 0 Å². The largest absolute Gasteiger partial charge is 0.393 e. The predicted molar refractivity (Wildman–Crippen MR) is 67.5 cm³/mol. The van der Waals surface area contributed by atoms with Crippen LogP contribution >= 0.6 is 0 Å². The molecule has 2 rings (SSSR count).